The minimum atomic E-state index is -3.42. The number of nitrogens with zero attached hydrogens (tertiary/aromatic N) is 4. The Morgan fingerprint density at radius 3 is 2.31 bits per heavy atom. The lowest BCUT2D eigenvalue weighted by Crippen LogP contribution is -2.37. The number of benzene rings is 2. The van der Waals surface area contributed by atoms with Crippen LogP contribution < -0.4 is 4.80 Å². The third kappa shape index (κ3) is 5.81. The van der Waals surface area contributed by atoms with E-state index in [1.807, 2.05) is 24.3 Å². The van der Waals surface area contributed by atoms with E-state index in [-0.39, 0.29) is 0 Å². The molecular weight excluding hydrogens is 492 g/mol. The van der Waals surface area contributed by atoms with Crippen LogP contribution in [-0.4, -0.2) is 68.1 Å². The maximum Gasteiger partial charge on any atom is 0.243 e. The van der Waals surface area contributed by atoms with Crippen LogP contribution in [0.3, 0.4) is 0 Å². The highest BCUT2D eigenvalue weighted by Gasteiger charge is 2.27. The highest BCUT2D eigenvalue weighted by Crippen LogP contribution is 2.26. The SMILES string of the molecule is Cc1ccc(N=c2scc(-c3ccc(S(=O)(=O)N4CCCC4)cc3)n2CCCN2CCOCC2)cc1. The predicted molar refractivity (Wildman–Crippen MR) is 144 cm³/mol. The summed E-state index contributed by atoms with van der Waals surface area (Å²) in [6.07, 6.45) is 2.88. The normalized spacial score (nSPS) is 18.2. The summed E-state index contributed by atoms with van der Waals surface area (Å²) in [6, 6.07) is 15.6. The smallest absolute Gasteiger partial charge is 0.243 e. The molecule has 2 aliphatic heterocycles. The van der Waals surface area contributed by atoms with Crippen LogP contribution in [0.5, 0.6) is 0 Å². The third-order valence-corrected chi connectivity index (χ3v) is 9.65. The Morgan fingerprint density at radius 2 is 1.61 bits per heavy atom. The maximum atomic E-state index is 13.0. The Kier molecular flexibility index (Phi) is 8.03. The number of aromatic nitrogens is 1. The minimum Gasteiger partial charge on any atom is -0.379 e. The summed E-state index contributed by atoms with van der Waals surface area (Å²) in [6.45, 7) is 8.73. The topological polar surface area (TPSA) is 67.1 Å². The van der Waals surface area contributed by atoms with E-state index in [2.05, 4.69) is 33.9 Å². The fourth-order valence-corrected chi connectivity index (χ4v) is 7.22. The molecule has 0 radical (unpaired) electrons. The summed E-state index contributed by atoms with van der Waals surface area (Å²) in [5, 5.41) is 2.13. The van der Waals surface area contributed by atoms with Gasteiger partial charge in [-0.25, -0.2) is 13.4 Å². The van der Waals surface area contributed by atoms with Gasteiger partial charge in [0.2, 0.25) is 10.0 Å². The van der Waals surface area contributed by atoms with Crippen LogP contribution in [0.1, 0.15) is 24.8 Å². The number of aryl methyl sites for hydroxylation is 1. The number of thiazole rings is 1. The van der Waals surface area contributed by atoms with E-state index < -0.39 is 10.0 Å². The van der Waals surface area contributed by atoms with E-state index >= 15 is 0 Å². The monoisotopic (exact) mass is 526 g/mol. The highest BCUT2D eigenvalue weighted by atomic mass is 32.2. The van der Waals surface area contributed by atoms with Gasteiger partial charge in [-0.15, -0.1) is 11.3 Å². The first kappa shape index (κ1) is 25.4. The molecule has 9 heteroatoms. The second-order valence-corrected chi connectivity index (χ2v) is 12.2. The van der Waals surface area contributed by atoms with Crippen LogP contribution >= 0.6 is 11.3 Å². The molecule has 0 atom stereocenters. The summed E-state index contributed by atoms with van der Waals surface area (Å²) in [5.41, 5.74) is 4.22. The lowest BCUT2D eigenvalue weighted by Gasteiger charge is -2.26. The van der Waals surface area contributed by atoms with Crippen molar-refractivity contribution < 1.29 is 13.2 Å². The van der Waals surface area contributed by atoms with Crippen molar-refractivity contribution in [2.24, 2.45) is 4.99 Å². The van der Waals surface area contributed by atoms with E-state index in [1.165, 1.54) is 5.56 Å². The van der Waals surface area contributed by atoms with Gasteiger partial charge in [-0.3, -0.25) is 4.90 Å². The standard InChI is InChI=1S/C27H34N4O3S2/c1-22-5-9-24(10-6-22)28-27-31(16-4-13-29-17-19-34-20-18-29)26(21-35-27)23-7-11-25(12-8-23)36(32,33)30-14-2-3-15-30/h5-12,21H,2-4,13-20H2,1H3. The average molecular weight is 527 g/mol. The summed E-state index contributed by atoms with van der Waals surface area (Å²) in [5.74, 6) is 0. The molecule has 0 N–H and O–H groups in total. The Hall–Kier alpha value is -2.30. The van der Waals surface area contributed by atoms with E-state index in [1.54, 1.807) is 27.8 Å². The molecule has 0 amide bonds. The van der Waals surface area contributed by atoms with Crippen LogP contribution in [0.4, 0.5) is 5.69 Å². The molecule has 0 aliphatic carbocycles. The number of sulfonamides is 1. The summed E-state index contributed by atoms with van der Waals surface area (Å²) < 4.78 is 35.3. The summed E-state index contributed by atoms with van der Waals surface area (Å²) in [4.78, 5) is 8.71. The van der Waals surface area contributed by atoms with Crippen LogP contribution in [0, 0.1) is 6.92 Å². The van der Waals surface area contributed by atoms with Crippen molar-refractivity contribution in [3.63, 3.8) is 0 Å². The highest BCUT2D eigenvalue weighted by molar-refractivity contribution is 7.89. The quantitative estimate of drug-likeness (QED) is 0.440. The molecule has 0 saturated carbocycles. The van der Waals surface area contributed by atoms with Gasteiger partial charge in [0, 0.05) is 44.6 Å². The van der Waals surface area contributed by atoms with E-state index in [4.69, 9.17) is 9.73 Å². The molecule has 5 rings (SSSR count). The minimum absolute atomic E-state index is 0.367. The Bertz CT molecular complexity index is 1320. The fraction of sp³-hybridized carbons (Fsp3) is 0.444. The molecule has 2 saturated heterocycles. The van der Waals surface area contributed by atoms with E-state index in [9.17, 15) is 8.42 Å². The van der Waals surface area contributed by atoms with E-state index in [0.29, 0.717) is 18.0 Å². The molecule has 2 aromatic carbocycles. The molecule has 192 valence electrons. The second kappa shape index (κ2) is 11.4. The Balaban J connectivity index is 1.42. The molecule has 7 nitrogen and oxygen atoms in total. The van der Waals surface area contributed by atoms with Crippen molar-refractivity contribution in [3.8, 4) is 11.3 Å². The molecule has 0 unspecified atom stereocenters. The maximum absolute atomic E-state index is 13.0. The van der Waals surface area contributed by atoms with Crippen LogP contribution in [-0.2, 0) is 21.3 Å². The Morgan fingerprint density at radius 1 is 0.917 bits per heavy atom. The number of hydrogen-bond donors (Lipinski definition) is 0. The number of ether oxygens (including phenoxy) is 1. The van der Waals surface area contributed by atoms with Gasteiger partial charge in [-0.2, -0.15) is 4.31 Å². The zero-order valence-electron chi connectivity index (χ0n) is 20.8. The van der Waals surface area contributed by atoms with Crippen LogP contribution in [0.25, 0.3) is 11.3 Å². The van der Waals surface area contributed by atoms with Gasteiger partial charge in [0.05, 0.1) is 29.5 Å². The number of hydrogen-bond acceptors (Lipinski definition) is 6. The van der Waals surface area contributed by atoms with Crippen molar-refractivity contribution in [2.45, 2.75) is 37.6 Å². The first-order valence-electron chi connectivity index (χ1n) is 12.7. The third-order valence-electron chi connectivity index (χ3n) is 6.87. The van der Waals surface area contributed by atoms with Crippen LogP contribution in [0.2, 0.25) is 0 Å². The molecule has 1 aromatic heterocycles. The summed E-state index contributed by atoms with van der Waals surface area (Å²) >= 11 is 1.62. The number of morpholine rings is 1. The van der Waals surface area contributed by atoms with Gasteiger partial charge in [0.15, 0.2) is 4.80 Å². The molecule has 2 fully saturated rings. The van der Waals surface area contributed by atoms with Gasteiger partial charge >= 0.3 is 0 Å². The largest absolute Gasteiger partial charge is 0.379 e. The van der Waals surface area contributed by atoms with Gasteiger partial charge in [-0.1, -0.05) is 29.8 Å². The molecule has 3 heterocycles. The molecule has 36 heavy (non-hydrogen) atoms. The van der Waals surface area contributed by atoms with Crippen molar-refractivity contribution >= 4 is 27.0 Å². The van der Waals surface area contributed by atoms with Gasteiger partial charge in [-0.05, 0) is 56.0 Å². The zero-order chi connectivity index (χ0) is 25.0. The fourth-order valence-electron chi connectivity index (χ4n) is 4.75. The van der Waals surface area contributed by atoms with Gasteiger partial charge < -0.3 is 9.30 Å². The second-order valence-electron chi connectivity index (χ2n) is 9.45. The lowest BCUT2D eigenvalue weighted by molar-refractivity contribution is 0.0369. The zero-order valence-corrected chi connectivity index (χ0v) is 22.4. The molecule has 3 aromatic rings. The van der Waals surface area contributed by atoms with E-state index in [0.717, 1.165) is 80.4 Å². The average Bonchev–Trinajstić information content (AvgIpc) is 3.58. The lowest BCUT2D eigenvalue weighted by atomic mass is 10.1. The van der Waals surface area contributed by atoms with Crippen molar-refractivity contribution in [2.75, 3.05) is 45.9 Å². The van der Waals surface area contributed by atoms with Crippen molar-refractivity contribution in [1.29, 1.82) is 0 Å². The summed E-state index contributed by atoms with van der Waals surface area (Å²) in [7, 11) is -3.42. The molecule has 0 spiro atoms. The van der Waals surface area contributed by atoms with Crippen molar-refractivity contribution in [1.82, 2.24) is 13.8 Å². The first-order valence-corrected chi connectivity index (χ1v) is 15.0. The van der Waals surface area contributed by atoms with Crippen molar-refractivity contribution in [3.05, 3.63) is 64.3 Å². The molecular formula is C27H34N4O3S2. The first-order chi connectivity index (χ1) is 17.5. The predicted octanol–water partition coefficient (Wildman–Crippen LogP) is 4.26. The van der Waals surface area contributed by atoms with Gasteiger partial charge in [0.1, 0.15) is 0 Å². The molecule has 2 aliphatic rings. The Labute approximate surface area is 217 Å². The van der Waals surface area contributed by atoms with Crippen LogP contribution in [0.15, 0.2) is 63.8 Å². The molecule has 0 bridgehead atoms. The van der Waals surface area contributed by atoms with Gasteiger partial charge in [0.25, 0.3) is 0 Å². The number of rotatable bonds is 8.